The Labute approximate surface area is 134 Å². The van der Waals surface area contributed by atoms with Crippen molar-refractivity contribution in [2.75, 3.05) is 12.5 Å². The van der Waals surface area contributed by atoms with E-state index in [0.717, 1.165) is 5.56 Å². The van der Waals surface area contributed by atoms with E-state index in [1.807, 2.05) is 30.3 Å². The highest BCUT2D eigenvalue weighted by atomic mass is 35.5. The van der Waals surface area contributed by atoms with Crippen LogP contribution < -0.4 is 4.74 Å². The molecular formula is C18H17ClO3. The average molecular weight is 317 g/mol. The molecule has 0 spiro atoms. The molecule has 0 saturated carbocycles. The molecule has 0 unspecified atom stereocenters. The van der Waals surface area contributed by atoms with Gasteiger partial charge in [0.25, 0.3) is 0 Å². The lowest BCUT2D eigenvalue weighted by Gasteiger charge is -2.09. The number of hydrogen-bond acceptors (Lipinski definition) is 3. The first-order valence-electron chi connectivity index (χ1n) is 6.93. The van der Waals surface area contributed by atoms with Crippen LogP contribution in [0, 0.1) is 0 Å². The van der Waals surface area contributed by atoms with Gasteiger partial charge < -0.3 is 9.84 Å². The summed E-state index contributed by atoms with van der Waals surface area (Å²) in [5.74, 6) is 0.754. The number of ether oxygens (including phenoxy) is 1. The van der Waals surface area contributed by atoms with Gasteiger partial charge >= 0.3 is 0 Å². The summed E-state index contributed by atoms with van der Waals surface area (Å²) in [6, 6.07) is 16.4. The Balaban J connectivity index is 1.93. The molecule has 0 aliphatic rings. The molecular weight excluding hydrogens is 300 g/mol. The Bertz CT molecular complexity index is 621. The maximum Gasteiger partial charge on any atom is 0.185 e. The summed E-state index contributed by atoms with van der Waals surface area (Å²) in [4.78, 5) is 11.9. The number of hydrogen-bond donors (Lipinski definition) is 1. The van der Waals surface area contributed by atoms with E-state index in [2.05, 4.69) is 0 Å². The number of aliphatic hydroxyl groups is 1. The molecule has 0 aromatic heterocycles. The molecule has 2 rings (SSSR count). The van der Waals surface area contributed by atoms with Crippen molar-refractivity contribution >= 4 is 23.5 Å². The van der Waals surface area contributed by atoms with Gasteiger partial charge in [0.1, 0.15) is 18.5 Å². The summed E-state index contributed by atoms with van der Waals surface area (Å²) in [7, 11) is 0. The molecule has 0 bridgehead atoms. The lowest BCUT2D eigenvalue weighted by Crippen LogP contribution is -2.18. The molecule has 0 fully saturated rings. The largest absolute Gasteiger partial charge is 0.491 e. The van der Waals surface area contributed by atoms with Crippen molar-refractivity contribution in [3.8, 4) is 5.75 Å². The van der Waals surface area contributed by atoms with Crippen LogP contribution >= 0.6 is 11.6 Å². The summed E-state index contributed by atoms with van der Waals surface area (Å²) in [5.41, 5.74) is 1.56. The topological polar surface area (TPSA) is 46.5 Å². The maximum absolute atomic E-state index is 11.9. The van der Waals surface area contributed by atoms with E-state index in [9.17, 15) is 9.90 Å². The summed E-state index contributed by atoms with van der Waals surface area (Å²) < 4.78 is 5.38. The predicted molar refractivity (Wildman–Crippen MR) is 88.5 cm³/mol. The number of ketones is 1. The van der Waals surface area contributed by atoms with Crippen LogP contribution in [0.3, 0.4) is 0 Å². The third kappa shape index (κ3) is 5.02. The second-order valence-electron chi connectivity index (χ2n) is 4.75. The monoisotopic (exact) mass is 316 g/mol. The van der Waals surface area contributed by atoms with Crippen LogP contribution in [-0.2, 0) is 0 Å². The third-order valence-corrected chi connectivity index (χ3v) is 3.34. The van der Waals surface area contributed by atoms with E-state index < -0.39 is 6.10 Å². The number of alkyl halides is 1. The van der Waals surface area contributed by atoms with Gasteiger partial charge in [-0.2, -0.15) is 0 Å². The molecule has 1 atom stereocenters. The smallest absolute Gasteiger partial charge is 0.185 e. The van der Waals surface area contributed by atoms with Gasteiger partial charge in [0.2, 0.25) is 0 Å². The van der Waals surface area contributed by atoms with E-state index in [-0.39, 0.29) is 18.3 Å². The van der Waals surface area contributed by atoms with Crippen LogP contribution in [-0.4, -0.2) is 29.5 Å². The number of aliphatic hydroxyl groups excluding tert-OH is 1. The van der Waals surface area contributed by atoms with Crippen LogP contribution in [0.5, 0.6) is 5.75 Å². The Hall–Kier alpha value is -2.10. The summed E-state index contributed by atoms with van der Waals surface area (Å²) in [5, 5.41) is 9.32. The number of rotatable bonds is 7. The van der Waals surface area contributed by atoms with Crippen molar-refractivity contribution in [3.63, 3.8) is 0 Å². The van der Waals surface area contributed by atoms with Gasteiger partial charge in [-0.25, -0.2) is 0 Å². The fraction of sp³-hybridized carbons (Fsp3) is 0.167. The Kier molecular flexibility index (Phi) is 6.19. The van der Waals surface area contributed by atoms with Crippen molar-refractivity contribution in [1.29, 1.82) is 0 Å². The quantitative estimate of drug-likeness (QED) is 0.482. The fourth-order valence-electron chi connectivity index (χ4n) is 1.78. The van der Waals surface area contributed by atoms with Crippen molar-refractivity contribution in [2.45, 2.75) is 6.10 Å². The molecule has 0 heterocycles. The van der Waals surface area contributed by atoms with Crippen molar-refractivity contribution in [2.24, 2.45) is 0 Å². The highest BCUT2D eigenvalue weighted by molar-refractivity contribution is 6.18. The molecule has 3 nitrogen and oxygen atoms in total. The first-order valence-corrected chi connectivity index (χ1v) is 7.47. The molecule has 22 heavy (non-hydrogen) atoms. The Morgan fingerprint density at radius 3 is 2.45 bits per heavy atom. The van der Waals surface area contributed by atoms with Crippen LogP contribution in [0.2, 0.25) is 0 Å². The van der Waals surface area contributed by atoms with Crippen molar-refractivity contribution in [1.82, 2.24) is 0 Å². The first-order chi connectivity index (χ1) is 10.7. The van der Waals surface area contributed by atoms with Crippen LogP contribution in [0.25, 0.3) is 6.08 Å². The fourth-order valence-corrected chi connectivity index (χ4v) is 1.87. The van der Waals surface area contributed by atoms with E-state index in [1.54, 1.807) is 36.4 Å². The van der Waals surface area contributed by atoms with Gasteiger partial charge in [0, 0.05) is 5.56 Å². The maximum atomic E-state index is 11.9. The minimum absolute atomic E-state index is 0.0360. The number of benzene rings is 2. The molecule has 4 heteroatoms. The Morgan fingerprint density at radius 1 is 1.14 bits per heavy atom. The molecule has 1 N–H and O–H groups in total. The zero-order valence-electron chi connectivity index (χ0n) is 12.0. The molecule has 0 aliphatic heterocycles. The summed E-state index contributed by atoms with van der Waals surface area (Å²) >= 11 is 5.49. The molecule has 2 aromatic rings. The highest BCUT2D eigenvalue weighted by Crippen LogP contribution is 2.14. The zero-order chi connectivity index (χ0) is 15.8. The van der Waals surface area contributed by atoms with Crippen molar-refractivity contribution < 1.29 is 14.6 Å². The molecule has 0 aliphatic carbocycles. The van der Waals surface area contributed by atoms with E-state index in [1.165, 1.54) is 0 Å². The minimum Gasteiger partial charge on any atom is -0.491 e. The van der Waals surface area contributed by atoms with E-state index in [4.69, 9.17) is 16.3 Å². The normalized spacial score (nSPS) is 12.3. The van der Waals surface area contributed by atoms with Gasteiger partial charge in [-0.05, 0) is 23.8 Å². The lowest BCUT2D eigenvalue weighted by atomic mass is 10.1. The standard InChI is InChI=1S/C18H17ClO3/c19-12-16(20)13-22-17-9-6-14(7-10-17)8-11-18(21)15-4-2-1-3-5-15/h1-11,16,20H,12-13H2/b11-8-/t16-/m0/s1. The number of allylic oxidation sites excluding steroid dienone is 1. The van der Waals surface area contributed by atoms with E-state index >= 15 is 0 Å². The van der Waals surface area contributed by atoms with E-state index in [0.29, 0.717) is 11.3 Å². The van der Waals surface area contributed by atoms with Crippen LogP contribution in [0.15, 0.2) is 60.7 Å². The minimum atomic E-state index is -0.676. The lowest BCUT2D eigenvalue weighted by molar-refractivity contribution is 0.104. The van der Waals surface area contributed by atoms with Gasteiger partial charge in [-0.15, -0.1) is 11.6 Å². The summed E-state index contributed by atoms with van der Waals surface area (Å²) in [6.07, 6.45) is 2.62. The molecule has 0 saturated heterocycles. The Morgan fingerprint density at radius 2 is 1.82 bits per heavy atom. The van der Waals surface area contributed by atoms with Crippen molar-refractivity contribution in [3.05, 3.63) is 71.8 Å². The van der Waals surface area contributed by atoms with Gasteiger partial charge in [0.05, 0.1) is 5.88 Å². The number of carbonyl (C=O) groups is 1. The number of halogens is 1. The number of carbonyl (C=O) groups excluding carboxylic acids is 1. The van der Waals surface area contributed by atoms with Gasteiger partial charge in [-0.1, -0.05) is 48.5 Å². The molecule has 0 amide bonds. The molecule has 2 aromatic carbocycles. The predicted octanol–water partition coefficient (Wildman–Crippen LogP) is 3.56. The summed E-state index contributed by atoms with van der Waals surface area (Å²) in [6.45, 7) is 0.158. The van der Waals surface area contributed by atoms with Gasteiger partial charge in [0.15, 0.2) is 5.78 Å². The molecule has 0 radical (unpaired) electrons. The second kappa shape index (κ2) is 8.37. The van der Waals surface area contributed by atoms with Crippen LogP contribution in [0.4, 0.5) is 0 Å². The second-order valence-corrected chi connectivity index (χ2v) is 5.06. The SMILES string of the molecule is O=C(/C=C\c1ccc(OC[C@@H](O)CCl)cc1)c1ccccc1. The van der Waals surface area contributed by atoms with Crippen LogP contribution in [0.1, 0.15) is 15.9 Å². The van der Waals surface area contributed by atoms with Gasteiger partial charge in [-0.3, -0.25) is 4.79 Å². The zero-order valence-corrected chi connectivity index (χ0v) is 12.7. The average Bonchev–Trinajstić information content (AvgIpc) is 2.59. The molecule has 114 valence electrons. The highest BCUT2D eigenvalue weighted by Gasteiger charge is 2.03. The third-order valence-electron chi connectivity index (χ3n) is 2.99. The first kappa shape index (κ1) is 16.3.